The summed E-state index contributed by atoms with van der Waals surface area (Å²) >= 11 is 5.74. The largest absolute Gasteiger partial charge is 0.497 e. The molecule has 0 aliphatic rings. The van der Waals surface area contributed by atoms with Gasteiger partial charge in [-0.1, -0.05) is 23.7 Å². The number of halogens is 1. The molecule has 0 fully saturated rings. The lowest BCUT2D eigenvalue weighted by Gasteiger charge is -2.08. The molecular formula is C17H18ClN3O4. The molecular weight excluding hydrogens is 346 g/mol. The summed E-state index contributed by atoms with van der Waals surface area (Å²) < 4.78 is 5.09. The number of anilines is 1. The van der Waals surface area contributed by atoms with Gasteiger partial charge in [-0.15, -0.1) is 0 Å². The number of methoxy groups -OCH3 is 1. The van der Waals surface area contributed by atoms with Crippen LogP contribution < -0.4 is 15.4 Å². The van der Waals surface area contributed by atoms with E-state index in [-0.39, 0.29) is 23.2 Å². The minimum absolute atomic E-state index is 0.0153. The van der Waals surface area contributed by atoms with Crippen LogP contribution in [0.25, 0.3) is 0 Å². The second-order valence-electron chi connectivity index (χ2n) is 5.22. The van der Waals surface area contributed by atoms with Crippen LogP contribution >= 0.6 is 11.6 Å². The van der Waals surface area contributed by atoms with E-state index in [0.717, 1.165) is 11.3 Å². The summed E-state index contributed by atoms with van der Waals surface area (Å²) in [4.78, 5) is 22.1. The first-order valence-electron chi connectivity index (χ1n) is 7.57. The number of carbonyl (C=O) groups excluding carboxylic acids is 1. The van der Waals surface area contributed by atoms with Crippen LogP contribution in [0, 0.1) is 10.1 Å². The van der Waals surface area contributed by atoms with E-state index >= 15 is 0 Å². The van der Waals surface area contributed by atoms with Crippen LogP contribution in [0.4, 0.5) is 11.4 Å². The molecule has 132 valence electrons. The summed E-state index contributed by atoms with van der Waals surface area (Å²) in [7, 11) is 1.61. The van der Waals surface area contributed by atoms with Gasteiger partial charge in [0.25, 0.3) is 5.69 Å². The van der Waals surface area contributed by atoms with Gasteiger partial charge in [-0.05, 0) is 36.2 Å². The van der Waals surface area contributed by atoms with Crippen molar-refractivity contribution in [2.75, 3.05) is 25.5 Å². The number of nitro groups is 1. The summed E-state index contributed by atoms with van der Waals surface area (Å²) in [5.74, 6) is 0.583. The van der Waals surface area contributed by atoms with E-state index in [1.807, 2.05) is 24.3 Å². The van der Waals surface area contributed by atoms with Crippen molar-refractivity contribution in [3.05, 3.63) is 63.2 Å². The number of hydrogen-bond acceptors (Lipinski definition) is 5. The van der Waals surface area contributed by atoms with Gasteiger partial charge in [0.05, 0.1) is 18.6 Å². The lowest BCUT2D eigenvalue weighted by Crippen LogP contribution is -2.31. The highest BCUT2D eigenvalue weighted by Crippen LogP contribution is 2.27. The van der Waals surface area contributed by atoms with Crippen LogP contribution in [0.15, 0.2) is 42.5 Å². The Kier molecular flexibility index (Phi) is 6.59. The van der Waals surface area contributed by atoms with Gasteiger partial charge in [0.15, 0.2) is 0 Å². The van der Waals surface area contributed by atoms with Crippen molar-refractivity contribution in [1.29, 1.82) is 0 Å². The molecule has 7 nitrogen and oxygen atoms in total. The highest BCUT2D eigenvalue weighted by atomic mass is 35.5. The molecule has 0 spiro atoms. The smallest absolute Gasteiger partial charge is 0.289 e. The van der Waals surface area contributed by atoms with Crippen molar-refractivity contribution in [3.8, 4) is 5.75 Å². The minimum atomic E-state index is -0.567. The second kappa shape index (κ2) is 8.89. The predicted octanol–water partition coefficient (Wildman–Crippen LogP) is 3.03. The average Bonchev–Trinajstić information content (AvgIpc) is 2.61. The zero-order valence-corrected chi connectivity index (χ0v) is 14.4. The molecule has 0 radical (unpaired) electrons. The van der Waals surface area contributed by atoms with E-state index in [9.17, 15) is 14.9 Å². The Morgan fingerprint density at radius 3 is 2.60 bits per heavy atom. The molecule has 1 amide bonds. The van der Waals surface area contributed by atoms with Gasteiger partial charge in [0, 0.05) is 18.3 Å². The first-order chi connectivity index (χ1) is 12.0. The Bertz CT molecular complexity index is 750. The Balaban J connectivity index is 1.77. The normalized spacial score (nSPS) is 10.2. The number of nitro benzene ring substituents is 1. The van der Waals surface area contributed by atoms with Crippen LogP contribution in [0.1, 0.15) is 5.56 Å². The molecule has 0 heterocycles. The molecule has 0 aliphatic heterocycles. The van der Waals surface area contributed by atoms with Crippen LogP contribution in [-0.2, 0) is 11.2 Å². The van der Waals surface area contributed by atoms with Gasteiger partial charge in [-0.2, -0.15) is 0 Å². The molecule has 8 heteroatoms. The molecule has 2 N–H and O–H groups in total. The summed E-state index contributed by atoms with van der Waals surface area (Å²) in [5, 5.41) is 16.5. The average molecular weight is 364 g/mol. The van der Waals surface area contributed by atoms with Gasteiger partial charge in [-0.3, -0.25) is 14.9 Å². The number of rotatable bonds is 8. The van der Waals surface area contributed by atoms with E-state index in [4.69, 9.17) is 16.3 Å². The number of benzene rings is 2. The monoisotopic (exact) mass is 363 g/mol. The van der Waals surface area contributed by atoms with Gasteiger partial charge in [0.1, 0.15) is 10.8 Å². The van der Waals surface area contributed by atoms with Crippen LogP contribution in [-0.4, -0.2) is 31.0 Å². The quantitative estimate of drug-likeness (QED) is 0.555. The van der Waals surface area contributed by atoms with E-state index < -0.39 is 4.92 Å². The Labute approximate surface area is 150 Å². The first-order valence-corrected chi connectivity index (χ1v) is 7.95. The van der Waals surface area contributed by atoms with Crippen molar-refractivity contribution in [2.24, 2.45) is 0 Å². The predicted molar refractivity (Wildman–Crippen MR) is 96.3 cm³/mol. The topological polar surface area (TPSA) is 93.5 Å². The minimum Gasteiger partial charge on any atom is -0.497 e. The molecule has 2 aromatic carbocycles. The lowest BCUT2D eigenvalue weighted by atomic mass is 10.1. The molecule has 0 aromatic heterocycles. The lowest BCUT2D eigenvalue weighted by molar-refractivity contribution is -0.384. The standard InChI is InChI=1S/C17H18ClN3O4/c1-25-14-5-2-12(3-6-14)8-9-19-17(22)11-20-13-4-7-15(18)16(10-13)21(23)24/h2-7,10,20H,8-9,11H2,1H3,(H,19,22). The van der Waals surface area contributed by atoms with E-state index in [1.165, 1.54) is 12.1 Å². The Morgan fingerprint density at radius 2 is 1.96 bits per heavy atom. The summed E-state index contributed by atoms with van der Waals surface area (Å²) in [6, 6.07) is 11.9. The Morgan fingerprint density at radius 1 is 1.24 bits per heavy atom. The summed E-state index contributed by atoms with van der Waals surface area (Å²) in [5.41, 5.74) is 1.34. The number of ether oxygens (including phenoxy) is 1. The third-order valence-electron chi connectivity index (χ3n) is 3.49. The third-order valence-corrected chi connectivity index (χ3v) is 3.81. The van der Waals surface area contributed by atoms with Crippen molar-refractivity contribution >= 4 is 28.9 Å². The molecule has 0 aliphatic carbocycles. The maximum atomic E-state index is 11.8. The second-order valence-corrected chi connectivity index (χ2v) is 5.63. The van der Waals surface area contributed by atoms with E-state index in [2.05, 4.69) is 10.6 Å². The van der Waals surface area contributed by atoms with Crippen LogP contribution in [0.5, 0.6) is 5.75 Å². The fourth-order valence-corrected chi connectivity index (χ4v) is 2.33. The SMILES string of the molecule is COc1ccc(CCNC(=O)CNc2ccc(Cl)c([N+](=O)[O-])c2)cc1. The van der Waals surface area contributed by atoms with Gasteiger partial charge >= 0.3 is 0 Å². The fourth-order valence-electron chi connectivity index (χ4n) is 2.15. The zero-order chi connectivity index (χ0) is 18.2. The van der Waals surface area contributed by atoms with Gasteiger partial charge in [-0.25, -0.2) is 0 Å². The zero-order valence-electron chi connectivity index (χ0n) is 13.6. The summed E-state index contributed by atoms with van der Waals surface area (Å²) in [6.45, 7) is 0.509. The van der Waals surface area contributed by atoms with E-state index in [1.54, 1.807) is 13.2 Å². The molecule has 0 saturated carbocycles. The number of nitrogens with one attached hydrogen (secondary N) is 2. The van der Waals surface area contributed by atoms with Crippen molar-refractivity contribution in [3.63, 3.8) is 0 Å². The molecule has 2 aromatic rings. The maximum absolute atomic E-state index is 11.8. The third kappa shape index (κ3) is 5.65. The van der Waals surface area contributed by atoms with Crippen LogP contribution in [0.2, 0.25) is 5.02 Å². The van der Waals surface area contributed by atoms with Crippen molar-refractivity contribution < 1.29 is 14.5 Å². The number of amides is 1. The van der Waals surface area contributed by atoms with Gasteiger partial charge in [0.2, 0.25) is 5.91 Å². The first kappa shape index (κ1) is 18.5. The highest BCUT2D eigenvalue weighted by molar-refractivity contribution is 6.32. The molecule has 0 bridgehead atoms. The highest BCUT2D eigenvalue weighted by Gasteiger charge is 2.13. The molecule has 0 unspecified atom stereocenters. The number of hydrogen-bond donors (Lipinski definition) is 2. The molecule has 0 atom stereocenters. The van der Waals surface area contributed by atoms with Crippen molar-refractivity contribution in [2.45, 2.75) is 6.42 Å². The number of nitrogens with zero attached hydrogens (tertiary/aromatic N) is 1. The van der Waals surface area contributed by atoms with Crippen molar-refractivity contribution in [1.82, 2.24) is 5.32 Å². The maximum Gasteiger partial charge on any atom is 0.289 e. The fraction of sp³-hybridized carbons (Fsp3) is 0.235. The van der Waals surface area contributed by atoms with Crippen LogP contribution in [0.3, 0.4) is 0 Å². The molecule has 0 saturated heterocycles. The Hall–Kier alpha value is -2.80. The van der Waals surface area contributed by atoms with E-state index in [0.29, 0.717) is 18.7 Å². The number of carbonyl (C=O) groups is 1. The summed E-state index contributed by atoms with van der Waals surface area (Å²) in [6.07, 6.45) is 0.697. The molecule has 2 rings (SSSR count). The van der Waals surface area contributed by atoms with Gasteiger partial charge < -0.3 is 15.4 Å². The molecule has 25 heavy (non-hydrogen) atoms.